The van der Waals surface area contributed by atoms with Crippen molar-refractivity contribution in [1.82, 2.24) is 9.36 Å². The van der Waals surface area contributed by atoms with E-state index >= 15 is 0 Å². The number of rotatable bonds is 7. The third-order valence-electron chi connectivity index (χ3n) is 1.70. The van der Waals surface area contributed by atoms with Crippen LogP contribution in [0.15, 0.2) is 6.33 Å². The predicted molar refractivity (Wildman–Crippen MR) is 57.6 cm³/mol. The monoisotopic (exact) mass is 219 g/mol. The minimum Gasteiger partial charge on any atom is -0.360 e. The third kappa shape index (κ3) is 5.05. The van der Waals surface area contributed by atoms with Crippen LogP contribution in [-0.4, -0.2) is 21.8 Å². The highest BCUT2D eigenvalue weighted by molar-refractivity contribution is 7.09. The van der Waals surface area contributed by atoms with E-state index in [1.54, 1.807) is 6.33 Å². The molecule has 0 bridgehead atoms. The number of hydrogen-bond acceptors (Lipinski definition) is 4. The van der Waals surface area contributed by atoms with Gasteiger partial charge in [-0.15, -0.1) is 11.6 Å². The van der Waals surface area contributed by atoms with Crippen molar-refractivity contribution in [3.63, 3.8) is 0 Å². The molecule has 0 unspecified atom stereocenters. The number of halogens is 1. The molecule has 5 heteroatoms. The normalized spacial score (nSPS) is 10.2. The molecule has 0 aromatic carbocycles. The fourth-order valence-electron chi connectivity index (χ4n) is 1.02. The van der Waals surface area contributed by atoms with Gasteiger partial charge in [-0.2, -0.15) is 4.37 Å². The maximum atomic E-state index is 5.56. The van der Waals surface area contributed by atoms with Crippen molar-refractivity contribution in [3.05, 3.63) is 6.33 Å². The molecular weight excluding hydrogens is 206 g/mol. The Morgan fingerprint density at radius 2 is 2.15 bits per heavy atom. The summed E-state index contributed by atoms with van der Waals surface area (Å²) in [5.74, 6) is 0.782. The molecule has 3 nitrogen and oxygen atoms in total. The van der Waals surface area contributed by atoms with Gasteiger partial charge >= 0.3 is 0 Å². The Bertz CT molecular complexity index is 203. The predicted octanol–water partition coefficient (Wildman–Crippen LogP) is 2.75. The van der Waals surface area contributed by atoms with Gasteiger partial charge in [0.2, 0.25) is 5.13 Å². The van der Waals surface area contributed by atoms with Crippen molar-refractivity contribution < 1.29 is 0 Å². The summed E-state index contributed by atoms with van der Waals surface area (Å²) in [5.41, 5.74) is 0. The van der Waals surface area contributed by atoms with Crippen molar-refractivity contribution in [1.29, 1.82) is 0 Å². The van der Waals surface area contributed by atoms with Crippen LogP contribution in [0.25, 0.3) is 0 Å². The second-order valence-corrected chi connectivity index (χ2v) is 3.93. The lowest BCUT2D eigenvalue weighted by Crippen LogP contribution is -2.00. The number of anilines is 1. The van der Waals surface area contributed by atoms with Gasteiger partial charge in [-0.05, 0) is 12.8 Å². The molecule has 74 valence electrons. The van der Waals surface area contributed by atoms with E-state index in [2.05, 4.69) is 14.7 Å². The second-order valence-electron chi connectivity index (χ2n) is 2.78. The highest BCUT2D eigenvalue weighted by Crippen LogP contribution is 2.07. The third-order valence-corrected chi connectivity index (χ3v) is 2.59. The fraction of sp³-hybridized carbons (Fsp3) is 0.750. The van der Waals surface area contributed by atoms with Crippen LogP contribution in [0.3, 0.4) is 0 Å². The summed E-state index contributed by atoms with van der Waals surface area (Å²) < 4.78 is 3.90. The van der Waals surface area contributed by atoms with Gasteiger partial charge in [-0.25, -0.2) is 4.98 Å². The first-order valence-corrected chi connectivity index (χ1v) is 5.81. The van der Waals surface area contributed by atoms with Crippen LogP contribution in [0.1, 0.15) is 25.7 Å². The maximum Gasteiger partial charge on any atom is 0.202 e. The average Bonchev–Trinajstić information content (AvgIpc) is 2.63. The zero-order chi connectivity index (χ0) is 9.36. The molecular formula is C8H14ClN3S. The maximum absolute atomic E-state index is 5.56. The zero-order valence-electron chi connectivity index (χ0n) is 7.50. The molecule has 13 heavy (non-hydrogen) atoms. The summed E-state index contributed by atoms with van der Waals surface area (Å²) in [6, 6.07) is 0. The minimum absolute atomic E-state index is 0.782. The molecule has 0 saturated carbocycles. The van der Waals surface area contributed by atoms with Gasteiger partial charge in [0, 0.05) is 24.0 Å². The smallest absolute Gasteiger partial charge is 0.202 e. The largest absolute Gasteiger partial charge is 0.360 e. The Morgan fingerprint density at radius 1 is 1.31 bits per heavy atom. The number of aromatic nitrogens is 2. The fourth-order valence-corrected chi connectivity index (χ4v) is 1.66. The minimum atomic E-state index is 0.782. The van der Waals surface area contributed by atoms with Gasteiger partial charge < -0.3 is 5.32 Å². The van der Waals surface area contributed by atoms with E-state index in [0.717, 1.165) is 24.0 Å². The highest BCUT2D eigenvalue weighted by atomic mass is 35.5. The van der Waals surface area contributed by atoms with E-state index in [0.29, 0.717) is 0 Å². The van der Waals surface area contributed by atoms with Crippen molar-refractivity contribution in [3.8, 4) is 0 Å². The van der Waals surface area contributed by atoms with Gasteiger partial charge in [0.05, 0.1) is 0 Å². The molecule has 1 heterocycles. The number of unbranched alkanes of at least 4 members (excludes halogenated alkanes) is 3. The summed E-state index contributed by atoms with van der Waals surface area (Å²) in [5, 5.41) is 4.13. The summed E-state index contributed by atoms with van der Waals surface area (Å²) in [7, 11) is 0. The summed E-state index contributed by atoms with van der Waals surface area (Å²) in [6.07, 6.45) is 6.33. The van der Waals surface area contributed by atoms with Crippen LogP contribution < -0.4 is 5.32 Å². The van der Waals surface area contributed by atoms with Crippen LogP contribution in [-0.2, 0) is 0 Å². The first kappa shape index (κ1) is 10.7. The molecule has 0 aliphatic rings. The van der Waals surface area contributed by atoms with E-state index in [1.165, 1.54) is 30.8 Å². The quantitative estimate of drug-likeness (QED) is 0.566. The molecule has 0 fully saturated rings. The molecule has 1 aromatic rings. The van der Waals surface area contributed by atoms with Gasteiger partial charge in [-0.1, -0.05) is 12.8 Å². The molecule has 1 rings (SSSR count). The Hall–Kier alpha value is -0.350. The summed E-state index contributed by atoms with van der Waals surface area (Å²) in [6.45, 7) is 0.984. The Morgan fingerprint density at radius 3 is 2.85 bits per heavy atom. The molecule has 1 aromatic heterocycles. The van der Waals surface area contributed by atoms with Crippen LogP contribution in [0.4, 0.5) is 5.13 Å². The standard InChI is InChI=1S/C8H14ClN3S/c9-5-3-1-2-4-6-10-8-11-7-12-13-8/h7H,1-6H2,(H,10,11,12). The van der Waals surface area contributed by atoms with Crippen molar-refractivity contribution in [2.75, 3.05) is 17.7 Å². The van der Waals surface area contributed by atoms with Crippen LogP contribution >= 0.6 is 23.1 Å². The molecule has 0 saturated heterocycles. The highest BCUT2D eigenvalue weighted by Gasteiger charge is 1.93. The second kappa shape index (κ2) is 7.09. The SMILES string of the molecule is ClCCCCCCNc1ncns1. The lowest BCUT2D eigenvalue weighted by atomic mass is 10.2. The molecule has 0 aliphatic carbocycles. The molecule has 0 spiro atoms. The molecule has 0 atom stereocenters. The Kier molecular flexibility index (Phi) is 5.85. The van der Waals surface area contributed by atoms with Gasteiger partial charge in [-0.3, -0.25) is 0 Å². The van der Waals surface area contributed by atoms with Crippen LogP contribution in [0.5, 0.6) is 0 Å². The molecule has 0 amide bonds. The van der Waals surface area contributed by atoms with Crippen molar-refractivity contribution in [2.45, 2.75) is 25.7 Å². The molecule has 0 radical (unpaired) electrons. The number of nitrogens with one attached hydrogen (secondary N) is 1. The number of nitrogens with zero attached hydrogens (tertiary/aromatic N) is 2. The van der Waals surface area contributed by atoms with E-state index in [9.17, 15) is 0 Å². The van der Waals surface area contributed by atoms with Gasteiger partial charge in [0.15, 0.2) is 0 Å². The van der Waals surface area contributed by atoms with Crippen molar-refractivity contribution >= 4 is 28.3 Å². The number of hydrogen-bond donors (Lipinski definition) is 1. The Labute approximate surface area is 87.7 Å². The van der Waals surface area contributed by atoms with E-state index in [1.807, 2.05) is 0 Å². The summed E-state index contributed by atoms with van der Waals surface area (Å²) >= 11 is 6.96. The number of alkyl halides is 1. The summed E-state index contributed by atoms with van der Waals surface area (Å²) in [4.78, 5) is 4.03. The molecule has 0 aliphatic heterocycles. The van der Waals surface area contributed by atoms with Crippen LogP contribution in [0, 0.1) is 0 Å². The lowest BCUT2D eigenvalue weighted by molar-refractivity contribution is 0.687. The first-order chi connectivity index (χ1) is 6.43. The van der Waals surface area contributed by atoms with E-state index in [4.69, 9.17) is 11.6 Å². The van der Waals surface area contributed by atoms with Gasteiger partial charge in [0.25, 0.3) is 0 Å². The van der Waals surface area contributed by atoms with Gasteiger partial charge in [0.1, 0.15) is 6.33 Å². The first-order valence-electron chi connectivity index (χ1n) is 4.50. The Balaban J connectivity index is 1.90. The zero-order valence-corrected chi connectivity index (χ0v) is 9.07. The van der Waals surface area contributed by atoms with Crippen molar-refractivity contribution in [2.24, 2.45) is 0 Å². The average molecular weight is 220 g/mol. The lowest BCUT2D eigenvalue weighted by Gasteiger charge is -2.00. The van der Waals surface area contributed by atoms with E-state index < -0.39 is 0 Å². The van der Waals surface area contributed by atoms with E-state index in [-0.39, 0.29) is 0 Å². The topological polar surface area (TPSA) is 37.8 Å². The molecule has 1 N–H and O–H groups in total. The van der Waals surface area contributed by atoms with Crippen LogP contribution in [0.2, 0.25) is 0 Å².